The van der Waals surface area contributed by atoms with Gasteiger partial charge in [-0.3, -0.25) is 10.00 Å². The molecule has 1 N–H and O–H groups in total. The fourth-order valence-corrected chi connectivity index (χ4v) is 3.18. The van der Waals surface area contributed by atoms with Crippen molar-refractivity contribution in [2.75, 3.05) is 0 Å². The Morgan fingerprint density at radius 3 is 2.84 bits per heavy atom. The molecular weight excluding hydrogens is 388 g/mol. The van der Waals surface area contributed by atoms with E-state index in [1.807, 2.05) is 39.8 Å². The Balaban J connectivity index is 1.96. The van der Waals surface area contributed by atoms with Crippen molar-refractivity contribution in [1.82, 2.24) is 20.3 Å². The summed E-state index contributed by atoms with van der Waals surface area (Å²) in [6.45, 7) is 7.92. The average molecular weight is 409 g/mol. The van der Waals surface area contributed by atoms with E-state index in [2.05, 4.69) is 31.3 Å². The van der Waals surface area contributed by atoms with Gasteiger partial charge in [-0.15, -0.1) is 0 Å². The summed E-state index contributed by atoms with van der Waals surface area (Å²) in [6, 6.07) is -0.0820. The van der Waals surface area contributed by atoms with Gasteiger partial charge in [-0.05, 0) is 43.6 Å². The van der Waals surface area contributed by atoms with Crippen molar-refractivity contribution < 1.29 is 14.1 Å². The molecule has 0 aliphatic carbocycles. The van der Waals surface area contributed by atoms with E-state index in [0.717, 1.165) is 15.7 Å². The van der Waals surface area contributed by atoms with Crippen LogP contribution in [0.5, 0.6) is 0 Å². The number of allylic oxidation sites excluding steroid dienone is 1. The van der Waals surface area contributed by atoms with Crippen LogP contribution in [0.15, 0.2) is 27.4 Å². The van der Waals surface area contributed by atoms with E-state index in [0.29, 0.717) is 24.4 Å². The highest BCUT2D eigenvalue weighted by atomic mass is 79.9. The summed E-state index contributed by atoms with van der Waals surface area (Å²) < 4.78 is 11.3. The van der Waals surface area contributed by atoms with Gasteiger partial charge in [0, 0.05) is 17.7 Å². The number of halogens is 1. The van der Waals surface area contributed by atoms with Gasteiger partial charge < -0.3 is 9.26 Å². The number of aromatic amines is 1. The van der Waals surface area contributed by atoms with E-state index in [9.17, 15) is 4.79 Å². The smallest absolute Gasteiger partial charge is 0.411 e. The maximum Gasteiger partial charge on any atom is 0.411 e. The lowest BCUT2D eigenvalue weighted by molar-refractivity contribution is 0.0164. The minimum Gasteiger partial charge on any atom is -0.444 e. The molecule has 3 rings (SSSR count). The van der Waals surface area contributed by atoms with Gasteiger partial charge in [0.25, 0.3) is 0 Å². The molecule has 0 saturated heterocycles. The van der Waals surface area contributed by atoms with E-state index >= 15 is 0 Å². The van der Waals surface area contributed by atoms with Gasteiger partial charge in [0.15, 0.2) is 0 Å². The summed E-state index contributed by atoms with van der Waals surface area (Å²) in [5, 5.41) is 11.5. The maximum atomic E-state index is 12.7. The summed E-state index contributed by atoms with van der Waals surface area (Å²) in [6.07, 6.45) is 5.75. The first-order valence-electron chi connectivity index (χ1n) is 8.09. The molecule has 0 bridgehead atoms. The van der Waals surface area contributed by atoms with Gasteiger partial charge in [-0.2, -0.15) is 5.10 Å². The number of H-pyrrole nitrogens is 1. The first-order valence-corrected chi connectivity index (χ1v) is 8.88. The molecule has 0 fully saturated rings. The van der Waals surface area contributed by atoms with Crippen LogP contribution in [0.1, 0.15) is 39.0 Å². The Morgan fingerprint density at radius 2 is 2.24 bits per heavy atom. The number of rotatable bonds is 2. The molecule has 134 valence electrons. The molecule has 1 aliphatic heterocycles. The Kier molecular flexibility index (Phi) is 4.73. The predicted molar refractivity (Wildman–Crippen MR) is 95.9 cm³/mol. The summed E-state index contributed by atoms with van der Waals surface area (Å²) >= 11 is 3.41. The lowest BCUT2D eigenvalue weighted by Gasteiger charge is -2.35. The second-order valence-corrected chi connectivity index (χ2v) is 7.80. The van der Waals surface area contributed by atoms with Crippen LogP contribution < -0.4 is 0 Å². The number of carbonyl (C=O) groups is 1. The lowest BCUT2D eigenvalue weighted by atomic mass is 9.97. The normalized spacial score (nSPS) is 17.8. The molecule has 2 aromatic rings. The second kappa shape index (κ2) is 6.67. The average Bonchev–Trinajstić information content (AvgIpc) is 3.10. The highest BCUT2D eigenvalue weighted by molar-refractivity contribution is 9.10. The fourth-order valence-electron chi connectivity index (χ4n) is 2.84. The highest BCUT2D eigenvalue weighted by Crippen LogP contribution is 2.34. The van der Waals surface area contributed by atoms with Crippen LogP contribution in [0.4, 0.5) is 4.79 Å². The van der Waals surface area contributed by atoms with Crippen molar-refractivity contribution in [2.24, 2.45) is 0 Å². The molecule has 1 aliphatic rings. The molecular formula is C17H21BrN4O3. The van der Waals surface area contributed by atoms with Crippen LogP contribution >= 0.6 is 15.9 Å². The van der Waals surface area contributed by atoms with E-state index in [4.69, 9.17) is 9.26 Å². The van der Waals surface area contributed by atoms with E-state index in [1.165, 1.54) is 6.26 Å². The standard InChI is InChI=1S/C17H21BrN4O3/c1-5-6-10-7-13-11(8-22(10)16(23)25-17(2,3)4)14(20-19-13)15-12(18)9-24-21-15/h5-6,9-10H,7-8H2,1-4H3,(H,19,20)/b6-5+/t10-/m1/s1. The monoisotopic (exact) mass is 408 g/mol. The zero-order valence-corrected chi connectivity index (χ0v) is 16.3. The van der Waals surface area contributed by atoms with Crippen molar-refractivity contribution in [3.63, 3.8) is 0 Å². The Bertz CT molecular complexity index is 803. The van der Waals surface area contributed by atoms with Crippen LogP contribution in [-0.2, 0) is 17.7 Å². The topological polar surface area (TPSA) is 84.3 Å². The number of aromatic nitrogens is 3. The van der Waals surface area contributed by atoms with Crippen LogP contribution in [0.3, 0.4) is 0 Å². The number of hydrogen-bond acceptors (Lipinski definition) is 5. The molecule has 0 radical (unpaired) electrons. The van der Waals surface area contributed by atoms with E-state index in [-0.39, 0.29) is 12.1 Å². The SMILES string of the molecule is C/C=C/[C@@H]1Cc2[nH]nc(-c3nocc3Br)c2CN1C(=O)OC(C)(C)C. The summed E-state index contributed by atoms with van der Waals surface area (Å²) in [5.74, 6) is 0. The van der Waals surface area contributed by atoms with Crippen molar-refractivity contribution in [2.45, 2.75) is 52.3 Å². The van der Waals surface area contributed by atoms with Gasteiger partial charge in [-0.25, -0.2) is 4.79 Å². The van der Waals surface area contributed by atoms with Crippen molar-refractivity contribution in [3.8, 4) is 11.4 Å². The molecule has 2 aromatic heterocycles. The number of amides is 1. The minimum atomic E-state index is -0.549. The third kappa shape index (κ3) is 3.63. The first-order chi connectivity index (χ1) is 11.8. The molecule has 7 nitrogen and oxygen atoms in total. The summed E-state index contributed by atoms with van der Waals surface area (Å²) in [7, 11) is 0. The summed E-state index contributed by atoms with van der Waals surface area (Å²) in [4.78, 5) is 14.4. The third-order valence-electron chi connectivity index (χ3n) is 3.89. The molecule has 0 saturated carbocycles. The molecule has 1 amide bonds. The molecule has 8 heteroatoms. The zero-order valence-electron chi connectivity index (χ0n) is 14.7. The van der Waals surface area contributed by atoms with Crippen molar-refractivity contribution in [1.29, 1.82) is 0 Å². The number of nitrogens with zero attached hydrogens (tertiary/aromatic N) is 3. The zero-order chi connectivity index (χ0) is 18.2. The number of hydrogen-bond donors (Lipinski definition) is 1. The Labute approximate surface area is 154 Å². The fraction of sp³-hybridized carbons (Fsp3) is 0.471. The first kappa shape index (κ1) is 17.7. The maximum absolute atomic E-state index is 12.7. The second-order valence-electron chi connectivity index (χ2n) is 6.95. The van der Waals surface area contributed by atoms with E-state index in [1.54, 1.807) is 4.90 Å². The minimum absolute atomic E-state index is 0.0820. The molecule has 3 heterocycles. The van der Waals surface area contributed by atoms with Crippen LogP contribution in [-0.4, -0.2) is 38.0 Å². The molecule has 1 atom stereocenters. The Morgan fingerprint density at radius 1 is 1.48 bits per heavy atom. The van der Waals surface area contributed by atoms with Crippen LogP contribution in [0.25, 0.3) is 11.4 Å². The molecule has 0 aromatic carbocycles. The number of fused-ring (bicyclic) bond motifs is 1. The Hall–Kier alpha value is -2.09. The number of ether oxygens (including phenoxy) is 1. The molecule has 0 spiro atoms. The molecule has 0 unspecified atom stereocenters. The van der Waals surface area contributed by atoms with Crippen molar-refractivity contribution >= 4 is 22.0 Å². The highest BCUT2D eigenvalue weighted by Gasteiger charge is 2.35. The number of carbonyl (C=O) groups excluding carboxylic acids is 1. The van der Waals surface area contributed by atoms with Gasteiger partial charge in [-0.1, -0.05) is 17.3 Å². The van der Waals surface area contributed by atoms with Gasteiger partial charge in [0.1, 0.15) is 23.3 Å². The number of nitrogens with one attached hydrogen (secondary N) is 1. The largest absolute Gasteiger partial charge is 0.444 e. The van der Waals surface area contributed by atoms with Crippen molar-refractivity contribution in [3.05, 3.63) is 34.1 Å². The van der Waals surface area contributed by atoms with Crippen LogP contribution in [0.2, 0.25) is 0 Å². The summed E-state index contributed by atoms with van der Waals surface area (Å²) in [5.41, 5.74) is 2.68. The van der Waals surface area contributed by atoms with Gasteiger partial charge in [0.05, 0.1) is 17.1 Å². The quantitative estimate of drug-likeness (QED) is 0.757. The van der Waals surface area contributed by atoms with E-state index < -0.39 is 5.60 Å². The molecule has 25 heavy (non-hydrogen) atoms. The third-order valence-corrected chi connectivity index (χ3v) is 4.45. The lowest BCUT2D eigenvalue weighted by Crippen LogP contribution is -2.45. The van der Waals surface area contributed by atoms with Gasteiger partial charge >= 0.3 is 6.09 Å². The van der Waals surface area contributed by atoms with Gasteiger partial charge in [0.2, 0.25) is 0 Å². The predicted octanol–water partition coefficient (Wildman–Crippen LogP) is 4.07. The van der Waals surface area contributed by atoms with Crippen LogP contribution in [0, 0.1) is 0 Å².